The van der Waals surface area contributed by atoms with Crippen LogP contribution in [0.2, 0.25) is 0 Å². The summed E-state index contributed by atoms with van der Waals surface area (Å²) in [4.78, 5) is 27.1. The predicted octanol–water partition coefficient (Wildman–Crippen LogP) is 4.22. The number of methoxy groups -OCH3 is 2. The molecule has 3 amide bonds. The van der Waals surface area contributed by atoms with Gasteiger partial charge in [0.25, 0.3) is 5.91 Å². The largest absolute Gasteiger partial charge is 0.493 e. The summed E-state index contributed by atoms with van der Waals surface area (Å²) in [5, 5.41) is 15.1. The van der Waals surface area contributed by atoms with Crippen molar-refractivity contribution in [1.82, 2.24) is 15.1 Å². The van der Waals surface area contributed by atoms with Crippen molar-refractivity contribution in [3.63, 3.8) is 0 Å². The first kappa shape index (κ1) is 22.5. The van der Waals surface area contributed by atoms with E-state index in [1.54, 1.807) is 37.3 Å². The molecular formula is C23H25N5O4S. The molecule has 1 aliphatic heterocycles. The fourth-order valence-corrected chi connectivity index (χ4v) is 4.54. The van der Waals surface area contributed by atoms with Crippen molar-refractivity contribution in [3.05, 3.63) is 58.5 Å². The fourth-order valence-electron chi connectivity index (χ4n) is 3.68. The molecule has 0 aliphatic carbocycles. The number of anilines is 2. The highest BCUT2D eigenvalue weighted by Gasteiger charge is 2.28. The van der Waals surface area contributed by atoms with E-state index in [1.165, 1.54) is 11.3 Å². The molecule has 9 nitrogen and oxygen atoms in total. The second kappa shape index (κ2) is 10.3. The third kappa shape index (κ3) is 5.40. The summed E-state index contributed by atoms with van der Waals surface area (Å²) >= 11 is 1.27. The lowest BCUT2D eigenvalue weighted by Gasteiger charge is -2.31. The molecule has 1 aliphatic rings. The van der Waals surface area contributed by atoms with E-state index in [-0.39, 0.29) is 17.9 Å². The average Bonchev–Trinajstić information content (AvgIpc) is 3.35. The van der Waals surface area contributed by atoms with Crippen molar-refractivity contribution in [3.8, 4) is 11.5 Å². The molecule has 3 aromatic rings. The van der Waals surface area contributed by atoms with E-state index in [4.69, 9.17) is 9.47 Å². The second-order valence-corrected chi connectivity index (χ2v) is 8.56. The number of rotatable bonds is 6. The van der Waals surface area contributed by atoms with Crippen LogP contribution in [0.15, 0.2) is 48.5 Å². The number of piperidine rings is 1. The van der Waals surface area contributed by atoms with Gasteiger partial charge in [0.05, 0.1) is 14.2 Å². The minimum Gasteiger partial charge on any atom is -0.493 e. The highest BCUT2D eigenvalue weighted by atomic mass is 32.1. The third-order valence-electron chi connectivity index (χ3n) is 5.36. The fraction of sp³-hybridized carbons (Fsp3) is 0.304. The summed E-state index contributed by atoms with van der Waals surface area (Å²) in [5.74, 6) is 0.883. The van der Waals surface area contributed by atoms with Crippen molar-refractivity contribution in [2.24, 2.45) is 0 Å². The maximum Gasteiger partial charge on any atom is 0.321 e. The van der Waals surface area contributed by atoms with Gasteiger partial charge < -0.3 is 25.0 Å². The summed E-state index contributed by atoms with van der Waals surface area (Å²) in [6, 6.07) is 14.3. The van der Waals surface area contributed by atoms with Gasteiger partial charge in [-0.15, -0.1) is 10.2 Å². The lowest BCUT2D eigenvalue weighted by atomic mass is 9.99. The number of hydrogen-bond acceptors (Lipinski definition) is 7. The molecular weight excluding hydrogens is 442 g/mol. The Kier molecular flexibility index (Phi) is 7.04. The van der Waals surface area contributed by atoms with Crippen molar-refractivity contribution in [2.75, 3.05) is 37.9 Å². The number of benzene rings is 2. The number of amides is 3. The number of ether oxygens (including phenoxy) is 2. The quantitative estimate of drug-likeness (QED) is 0.562. The standard InChI is InChI=1S/C23H25N5O4S/c1-31-18-11-10-17(13-19(18)32-2)25-23(30)28-12-6-7-15(14-28)21-26-27-22(33-21)20(29)24-16-8-4-3-5-9-16/h3-5,8-11,13,15H,6-7,12,14H2,1-2H3,(H,24,29)(H,25,30). The van der Waals surface area contributed by atoms with Crippen molar-refractivity contribution in [1.29, 1.82) is 0 Å². The van der Waals surface area contributed by atoms with E-state index in [0.29, 0.717) is 41.0 Å². The summed E-state index contributed by atoms with van der Waals surface area (Å²) in [7, 11) is 3.11. The molecule has 172 valence electrons. The van der Waals surface area contributed by atoms with Gasteiger partial charge in [-0.3, -0.25) is 4.79 Å². The zero-order valence-corrected chi connectivity index (χ0v) is 19.2. The normalized spacial score (nSPS) is 15.6. The number of likely N-dealkylation sites (tertiary alicyclic amines) is 1. The number of hydrogen-bond donors (Lipinski definition) is 2. The number of carbonyl (C=O) groups excluding carboxylic acids is 2. The Morgan fingerprint density at radius 1 is 1.00 bits per heavy atom. The molecule has 0 spiro atoms. The predicted molar refractivity (Wildman–Crippen MR) is 126 cm³/mol. The Morgan fingerprint density at radius 3 is 2.55 bits per heavy atom. The Morgan fingerprint density at radius 2 is 1.79 bits per heavy atom. The van der Waals surface area contributed by atoms with Gasteiger partial charge in [0.15, 0.2) is 11.5 Å². The van der Waals surface area contributed by atoms with Gasteiger partial charge in [-0.05, 0) is 37.1 Å². The molecule has 1 atom stereocenters. The van der Waals surface area contributed by atoms with Crippen LogP contribution in [0.1, 0.15) is 33.6 Å². The average molecular weight is 468 g/mol. The summed E-state index contributed by atoms with van der Waals surface area (Å²) in [5.41, 5.74) is 1.32. The van der Waals surface area contributed by atoms with Crippen LogP contribution in [0.3, 0.4) is 0 Å². The van der Waals surface area contributed by atoms with Gasteiger partial charge in [-0.25, -0.2) is 4.79 Å². The Bertz CT molecular complexity index is 1120. The molecule has 1 aromatic heterocycles. The molecule has 33 heavy (non-hydrogen) atoms. The zero-order chi connectivity index (χ0) is 23.2. The minimum atomic E-state index is -0.288. The van der Waals surface area contributed by atoms with Crippen LogP contribution >= 0.6 is 11.3 Å². The SMILES string of the molecule is COc1ccc(NC(=O)N2CCCC(c3nnc(C(=O)Nc4ccccc4)s3)C2)cc1OC. The smallest absolute Gasteiger partial charge is 0.321 e. The zero-order valence-electron chi connectivity index (χ0n) is 18.4. The first-order chi connectivity index (χ1) is 16.1. The molecule has 2 heterocycles. The molecule has 0 saturated carbocycles. The highest BCUT2D eigenvalue weighted by molar-refractivity contribution is 7.13. The van der Waals surface area contributed by atoms with Crippen LogP contribution in [0.5, 0.6) is 11.5 Å². The monoisotopic (exact) mass is 467 g/mol. The van der Waals surface area contributed by atoms with Crippen LogP contribution in [0.25, 0.3) is 0 Å². The van der Waals surface area contributed by atoms with Crippen LogP contribution in [-0.2, 0) is 0 Å². The Labute approximate surface area is 195 Å². The van der Waals surface area contributed by atoms with Crippen LogP contribution in [0.4, 0.5) is 16.2 Å². The maximum atomic E-state index is 12.9. The van der Waals surface area contributed by atoms with Gasteiger partial charge in [0, 0.05) is 36.4 Å². The molecule has 1 unspecified atom stereocenters. The molecule has 0 radical (unpaired) electrons. The van der Waals surface area contributed by atoms with Crippen molar-refractivity contribution in [2.45, 2.75) is 18.8 Å². The molecule has 0 bridgehead atoms. The molecule has 1 fully saturated rings. The molecule has 10 heteroatoms. The second-order valence-electron chi connectivity index (χ2n) is 7.55. The Balaban J connectivity index is 1.38. The summed E-state index contributed by atoms with van der Waals surface area (Å²) in [6.45, 7) is 1.16. The maximum absolute atomic E-state index is 12.9. The minimum absolute atomic E-state index is 0.0330. The molecule has 2 N–H and O–H groups in total. The van der Waals surface area contributed by atoms with E-state index in [9.17, 15) is 9.59 Å². The van der Waals surface area contributed by atoms with Gasteiger partial charge in [0.1, 0.15) is 5.01 Å². The Hall–Kier alpha value is -3.66. The van der Waals surface area contributed by atoms with E-state index < -0.39 is 0 Å². The first-order valence-electron chi connectivity index (χ1n) is 10.5. The third-order valence-corrected chi connectivity index (χ3v) is 6.44. The number of nitrogens with zero attached hydrogens (tertiary/aromatic N) is 3. The lowest BCUT2D eigenvalue weighted by Crippen LogP contribution is -2.41. The number of aromatic nitrogens is 2. The number of carbonyl (C=O) groups is 2. The van der Waals surface area contributed by atoms with E-state index in [1.807, 2.05) is 30.3 Å². The van der Waals surface area contributed by atoms with E-state index >= 15 is 0 Å². The lowest BCUT2D eigenvalue weighted by molar-refractivity contribution is 0.102. The van der Waals surface area contributed by atoms with Gasteiger partial charge in [-0.2, -0.15) is 0 Å². The number of nitrogens with one attached hydrogen (secondary N) is 2. The van der Waals surface area contributed by atoms with Crippen LogP contribution in [0, 0.1) is 0 Å². The van der Waals surface area contributed by atoms with Crippen molar-refractivity contribution >= 4 is 34.6 Å². The van der Waals surface area contributed by atoms with Gasteiger partial charge >= 0.3 is 6.03 Å². The van der Waals surface area contributed by atoms with Gasteiger partial charge in [-0.1, -0.05) is 29.5 Å². The molecule has 1 saturated heterocycles. The summed E-state index contributed by atoms with van der Waals surface area (Å²) in [6.07, 6.45) is 1.73. The van der Waals surface area contributed by atoms with Crippen molar-refractivity contribution < 1.29 is 19.1 Å². The summed E-state index contributed by atoms with van der Waals surface area (Å²) < 4.78 is 10.5. The highest BCUT2D eigenvalue weighted by Crippen LogP contribution is 2.32. The van der Waals surface area contributed by atoms with Crippen LogP contribution < -0.4 is 20.1 Å². The van der Waals surface area contributed by atoms with E-state index in [2.05, 4.69) is 20.8 Å². The molecule has 2 aromatic carbocycles. The first-order valence-corrected chi connectivity index (χ1v) is 11.4. The number of para-hydroxylation sites is 1. The van der Waals surface area contributed by atoms with Crippen LogP contribution in [-0.4, -0.2) is 54.3 Å². The molecule has 4 rings (SSSR count). The topological polar surface area (TPSA) is 106 Å². The van der Waals surface area contributed by atoms with Gasteiger partial charge in [0.2, 0.25) is 5.01 Å². The van der Waals surface area contributed by atoms with E-state index in [0.717, 1.165) is 17.8 Å². The number of urea groups is 1.